The molecule has 4 heteroatoms. The molecule has 148 valence electrons. The van der Waals surface area contributed by atoms with E-state index in [0.717, 1.165) is 19.5 Å². The maximum atomic E-state index is 10.7. The van der Waals surface area contributed by atoms with Crippen molar-refractivity contribution in [3.05, 3.63) is 108 Å². The van der Waals surface area contributed by atoms with Crippen molar-refractivity contribution in [3.8, 4) is 0 Å². The molecule has 0 saturated carbocycles. The zero-order valence-corrected chi connectivity index (χ0v) is 17.4. The summed E-state index contributed by atoms with van der Waals surface area (Å²) in [5.74, 6) is 0.220. The number of nitrogens with zero attached hydrogens (tertiary/aromatic N) is 1. The Kier molecular flexibility index (Phi) is 9.52. The fraction of sp³-hybridized carbons (Fsp3) is 0.250. The van der Waals surface area contributed by atoms with Gasteiger partial charge in [-0.2, -0.15) is 0 Å². The number of aliphatic hydroxyl groups excluding tert-OH is 1. The van der Waals surface area contributed by atoms with Crippen LogP contribution in [0.25, 0.3) is 0 Å². The first kappa shape index (κ1) is 22.4. The second kappa shape index (κ2) is 11.9. The Labute approximate surface area is 179 Å². The topological polar surface area (TPSA) is 23.5 Å². The van der Waals surface area contributed by atoms with Crippen molar-refractivity contribution in [2.45, 2.75) is 31.7 Å². The normalized spacial score (nSPS) is 13.0. The van der Waals surface area contributed by atoms with Crippen LogP contribution in [0.4, 0.5) is 0 Å². The average Bonchev–Trinajstić information content (AvgIpc) is 2.73. The SMILES string of the molecule is Cl.O[C@@H](CCl)[C@H](Cc1ccccc1)N(Cc1ccccc1)Cc1ccccc1. The lowest BCUT2D eigenvalue weighted by Gasteiger charge is -2.35. The second-order valence-corrected chi connectivity index (χ2v) is 7.16. The lowest BCUT2D eigenvalue weighted by atomic mass is 9.99. The van der Waals surface area contributed by atoms with E-state index < -0.39 is 6.10 Å². The Balaban J connectivity index is 0.00000280. The van der Waals surface area contributed by atoms with E-state index in [-0.39, 0.29) is 24.3 Å². The number of halogens is 2. The highest BCUT2D eigenvalue weighted by Gasteiger charge is 2.26. The second-order valence-electron chi connectivity index (χ2n) is 6.85. The van der Waals surface area contributed by atoms with Crippen LogP contribution in [0.15, 0.2) is 91.0 Å². The Hall–Kier alpha value is -1.84. The van der Waals surface area contributed by atoms with Gasteiger partial charge in [0, 0.05) is 25.0 Å². The maximum Gasteiger partial charge on any atom is 0.0833 e. The zero-order chi connectivity index (χ0) is 18.9. The van der Waals surface area contributed by atoms with E-state index in [2.05, 4.69) is 65.6 Å². The maximum absolute atomic E-state index is 10.7. The minimum Gasteiger partial charge on any atom is -0.390 e. The molecule has 3 aromatic carbocycles. The predicted octanol–water partition coefficient (Wildman–Crippen LogP) is 5.32. The Morgan fingerprint density at radius 3 is 1.46 bits per heavy atom. The first-order valence-corrected chi connectivity index (χ1v) is 9.89. The van der Waals surface area contributed by atoms with E-state index in [1.165, 1.54) is 16.7 Å². The Morgan fingerprint density at radius 1 is 0.679 bits per heavy atom. The standard InChI is InChI=1S/C24H26ClNO.ClH/c25-17-24(27)23(16-20-10-4-1-5-11-20)26(18-21-12-6-2-7-13-21)19-22-14-8-3-9-15-22;/h1-15,23-24,27H,16-19H2;1H/t23-,24-;/m0./s1. The van der Waals surface area contributed by atoms with Gasteiger partial charge in [-0.25, -0.2) is 0 Å². The fourth-order valence-corrected chi connectivity index (χ4v) is 3.60. The molecule has 2 nitrogen and oxygen atoms in total. The van der Waals surface area contributed by atoms with Crippen molar-refractivity contribution in [2.75, 3.05) is 5.88 Å². The largest absolute Gasteiger partial charge is 0.390 e. The number of benzene rings is 3. The third-order valence-corrected chi connectivity index (χ3v) is 5.13. The summed E-state index contributed by atoms with van der Waals surface area (Å²) in [4.78, 5) is 2.34. The van der Waals surface area contributed by atoms with Crippen LogP contribution >= 0.6 is 24.0 Å². The Bertz CT molecular complexity index is 742. The average molecular weight is 416 g/mol. The Morgan fingerprint density at radius 2 is 1.07 bits per heavy atom. The quantitative estimate of drug-likeness (QED) is 0.477. The van der Waals surface area contributed by atoms with Gasteiger partial charge in [-0.05, 0) is 23.1 Å². The summed E-state index contributed by atoms with van der Waals surface area (Å²) < 4.78 is 0. The predicted molar refractivity (Wildman–Crippen MR) is 120 cm³/mol. The molecule has 0 aliphatic heterocycles. The highest BCUT2D eigenvalue weighted by Crippen LogP contribution is 2.20. The molecule has 3 aromatic rings. The van der Waals surface area contributed by atoms with Crippen LogP contribution in [0.3, 0.4) is 0 Å². The molecule has 2 atom stereocenters. The molecular formula is C24H27Cl2NO. The van der Waals surface area contributed by atoms with E-state index in [0.29, 0.717) is 0 Å². The highest BCUT2D eigenvalue weighted by atomic mass is 35.5. The minimum absolute atomic E-state index is 0. The molecule has 0 aliphatic rings. The van der Waals surface area contributed by atoms with Crippen molar-refractivity contribution in [3.63, 3.8) is 0 Å². The number of hydrogen-bond donors (Lipinski definition) is 1. The molecule has 28 heavy (non-hydrogen) atoms. The first-order valence-electron chi connectivity index (χ1n) is 9.36. The molecule has 0 unspecified atom stereocenters. The molecule has 1 N–H and O–H groups in total. The highest BCUT2D eigenvalue weighted by molar-refractivity contribution is 6.18. The lowest BCUT2D eigenvalue weighted by molar-refractivity contribution is 0.0526. The van der Waals surface area contributed by atoms with Crippen molar-refractivity contribution in [1.29, 1.82) is 0 Å². The van der Waals surface area contributed by atoms with Crippen LogP contribution in [0.2, 0.25) is 0 Å². The van der Waals surface area contributed by atoms with Gasteiger partial charge in [-0.3, -0.25) is 4.90 Å². The van der Waals surface area contributed by atoms with Gasteiger partial charge >= 0.3 is 0 Å². The van der Waals surface area contributed by atoms with Crippen LogP contribution in [0.5, 0.6) is 0 Å². The molecule has 0 saturated heterocycles. The number of aliphatic hydroxyl groups is 1. The summed E-state index contributed by atoms with van der Waals surface area (Å²) >= 11 is 6.09. The molecule has 0 aliphatic carbocycles. The van der Waals surface area contributed by atoms with Gasteiger partial charge in [0.05, 0.1) is 6.10 Å². The summed E-state index contributed by atoms with van der Waals surface area (Å²) in [6, 6.07) is 31.0. The van der Waals surface area contributed by atoms with E-state index in [1.807, 2.05) is 30.3 Å². The van der Waals surface area contributed by atoms with Crippen LogP contribution in [0.1, 0.15) is 16.7 Å². The smallest absolute Gasteiger partial charge is 0.0833 e. The molecule has 0 aromatic heterocycles. The van der Waals surface area contributed by atoms with Gasteiger partial charge in [0.15, 0.2) is 0 Å². The number of rotatable bonds is 9. The molecule has 3 rings (SSSR count). The first-order chi connectivity index (χ1) is 13.3. The summed E-state index contributed by atoms with van der Waals surface area (Å²) in [6.45, 7) is 1.53. The van der Waals surface area contributed by atoms with Crippen LogP contribution in [-0.2, 0) is 19.5 Å². The van der Waals surface area contributed by atoms with Crippen molar-refractivity contribution >= 4 is 24.0 Å². The van der Waals surface area contributed by atoms with E-state index in [1.54, 1.807) is 0 Å². The number of alkyl halides is 1. The van der Waals surface area contributed by atoms with Gasteiger partial charge in [0.1, 0.15) is 0 Å². The van der Waals surface area contributed by atoms with Crippen LogP contribution < -0.4 is 0 Å². The molecule has 0 radical (unpaired) electrons. The van der Waals surface area contributed by atoms with Crippen molar-refractivity contribution in [1.82, 2.24) is 4.90 Å². The molecule has 0 heterocycles. The lowest BCUT2D eigenvalue weighted by Crippen LogP contribution is -2.45. The minimum atomic E-state index is -0.598. The summed E-state index contributed by atoms with van der Waals surface area (Å²) in [7, 11) is 0. The third-order valence-electron chi connectivity index (χ3n) is 4.82. The van der Waals surface area contributed by atoms with E-state index in [4.69, 9.17) is 11.6 Å². The van der Waals surface area contributed by atoms with Crippen LogP contribution in [-0.4, -0.2) is 28.0 Å². The third kappa shape index (κ3) is 6.65. The summed E-state index contributed by atoms with van der Waals surface area (Å²) in [5.41, 5.74) is 3.67. The van der Waals surface area contributed by atoms with Gasteiger partial charge in [-0.15, -0.1) is 24.0 Å². The molecule has 0 bridgehead atoms. The van der Waals surface area contributed by atoms with Gasteiger partial charge in [0.25, 0.3) is 0 Å². The summed E-state index contributed by atoms with van der Waals surface area (Å²) in [6.07, 6.45) is 0.160. The molecule has 0 spiro atoms. The molecular weight excluding hydrogens is 389 g/mol. The van der Waals surface area contributed by atoms with Gasteiger partial charge in [0.2, 0.25) is 0 Å². The van der Waals surface area contributed by atoms with Gasteiger partial charge in [-0.1, -0.05) is 91.0 Å². The molecule has 0 fully saturated rings. The van der Waals surface area contributed by atoms with E-state index >= 15 is 0 Å². The van der Waals surface area contributed by atoms with Crippen molar-refractivity contribution in [2.24, 2.45) is 0 Å². The monoisotopic (exact) mass is 415 g/mol. The summed E-state index contributed by atoms with van der Waals surface area (Å²) in [5, 5.41) is 10.7. The van der Waals surface area contributed by atoms with Gasteiger partial charge < -0.3 is 5.11 Å². The fourth-order valence-electron chi connectivity index (χ4n) is 3.39. The molecule has 0 amide bonds. The van der Waals surface area contributed by atoms with Crippen molar-refractivity contribution < 1.29 is 5.11 Å². The van der Waals surface area contributed by atoms with Crippen LogP contribution in [0, 0.1) is 0 Å². The zero-order valence-electron chi connectivity index (χ0n) is 15.8. The number of hydrogen-bond acceptors (Lipinski definition) is 2. The van der Waals surface area contributed by atoms with E-state index in [9.17, 15) is 5.11 Å².